The Morgan fingerprint density at radius 2 is 1.76 bits per heavy atom. The van der Waals surface area contributed by atoms with E-state index in [9.17, 15) is 14.7 Å². The van der Waals surface area contributed by atoms with Gasteiger partial charge in [-0.05, 0) is 48.2 Å². The quantitative estimate of drug-likeness (QED) is 0.291. The average Bonchev–Trinajstić information content (AvgIpc) is 3.34. The van der Waals surface area contributed by atoms with Gasteiger partial charge in [-0.1, -0.05) is 55.5 Å². The summed E-state index contributed by atoms with van der Waals surface area (Å²) >= 11 is 0. The molecule has 220 valence electrons. The Balaban J connectivity index is 1.20. The number of nitrogens with zero attached hydrogens (tertiary/aromatic N) is 2. The molecule has 1 amide bonds. The number of fused-ring (bicyclic) bond motifs is 1. The highest BCUT2D eigenvalue weighted by atomic mass is 16.7. The van der Waals surface area contributed by atoms with E-state index in [2.05, 4.69) is 22.1 Å². The molecule has 3 aromatic carbocycles. The molecule has 9 nitrogen and oxygen atoms in total. The lowest BCUT2D eigenvalue weighted by Crippen LogP contribution is -2.47. The van der Waals surface area contributed by atoms with Crippen molar-refractivity contribution in [2.75, 3.05) is 25.0 Å². The fourth-order valence-corrected chi connectivity index (χ4v) is 6.35. The largest absolute Gasteiger partial charge is 0.392 e. The Morgan fingerprint density at radius 3 is 2.50 bits per heavy atom. The molecule has 0 bridgehead atoms. The van der Waals surface area contributed by atoms with Gasteiger partial charge < -0.3 is 29.8 Å². The van der Waals surface area contributed by atoms with Crippen LogP contribution in [0.25, 0.3) is 11.0 Å². The van der Waals surface area contributed by atoms with E-state index < -0.39 is 6.29 Å². The fraction of sp³-hybridized carbons (Fsp3) is 0.394. The molecule has 9 heteroatoms. The van der Waals surface area contributed by atoms with Gasteiger partial charge in [0.05, 0.1) is 29.8 Å². The van der Waals surface area contributed by atoms with E-state index in [0.717, 1.165) is 60.2 Å². The van der Waals surface area contributed by atoms with Gasteiger partial charge in [0.25, 0.3) is 0 Å². The van der Waals surface area contributed by atoms with Crippen LogP contribution in [0.3, 0.4) is 0 Å². The molecule has 2 fully saturated rings. The number of piperidine rings is 1. The number of hydrogen-bond acceptors (Lipinski definition) is 6. The molecule has 2 saturated heterocycles. The number of aliphatic hydroxyl groups excluding tert-OH is 1. The van der Waals surface area contributed by atoms with Crippen LogP contribution in [0.15, 0.2) is 77.6 Å². The smallest absolute Gasteiger partial charge is 0.326 e. The number of para-hydroxylation sites is 2. The van der Waals surface area contributed by atoms with E-state index >= 15 is 0 Å². The Kier molecular flexibility index (Phi) is 8.26. The highest BCUT2D eigenvalue weighted by Gasteiger charge is 2.39. The van der Waals surface area contributed by atoms with Gasteiger partial charge in [-0.3, -0.25) is 9.36 Å². The van der Waals surface area contributed by atoms with Crippen molar-refractivity contribution in [3.63, 3.8) is 0 Å². The summed E-state index contributed by atoms with van der Waals surface area (Å²) in [5, 5.41) is 12.4. The number of aromatic amines is 1. The minimum absolute atomic E-state index is 0.00765. The summed E-state index contributed by atoms with van der Waals surface area (Å²) in [4.78, 5) is 29.9. The summed E-state index contributed by atoms with van der Waals surface area (Å²) in [6.45, 7) is 6.12. The summed E-state index contributed by atoms with van der Waals surface area (Å²) in [5.74, 6) is -0.0713. The molecule has 0 radical (unpaired) electrons. The molecular formula is C33H38N4O5. The molecule has 0 saturated carbocycles. The topological polar surface area (TPSA) is 109 Å². The molecule has 0 unspecified atom stereocenters. The summed E-state index contributed by atoms with van der Waals surface area (Å²) < 4.78 is 15.2. The number of ether oxygens (including phenoxy) is 2. The number of amides is 1. The molecule has 4 atom stereocenters. The van der Waals surface area contributed by atoms with Gasteiger partial charge in [-0.2, -0.15) is 0 Å². The highest BCUT2D eigenvalue weighted by molar-refractivity contribution is 5.88. The standard InChI is InChI=1S/C33H38N4O5/c1-21-30(19-36-16-14-27(15-17-36)37-29-9-4-3-8-28(29)35-33(37)40)41-32(25-6-5-7-26(18-25)34-22(2)39)42-31(21)24-12-10-23(20-38)11-13-24/h3-13,18,21,27,30-32,38H,14-17,19-20H2,1-2H3,(H,34,39)(H,35,40)/t21-,30+,31+,32+/m0/s1. The third kappa shape index (κ3) is 5.91. The van der Waals surface area contributed by atoms with Crippen molar-refractivity contribution >= 4 is 22.6 Å². The summed E-state index contributed by atoms with van der Waals surface area (Å²) in [5.41, 5.74) is 5.21. The number of carbonyl (C=O) groups excluding carboxylic acids is 1. The van der Waals surface area contributed by atoms with Crippen molar-refractivity contribution in [1.29, 1.82) is 0 Å². The van der Waals surface area contributed by atoms with E-state index in [1.807, 2.05) is 77.4 Å². The van der Waals surface area contributed by atoms with Crippen LogP contribution in [0.1, 0.15) is 61.8 Å². The van der Waals surface area contributed by atoms with Crippen LogP contribution in [0.2, 0.25) is 0 Å². The monoisotopic (exact) mass is 570 g/mol. The van der Waals surface area contributed by atoms with Crippen molar-refractivity contribution in [1.82, 2.24) is 14.5 Å². The molecule has 2 aliphatic heterocycles. The lowest BCUT2D eigenvalue weighted by molar-refractivity contribution is -0.276. The minimum atomic E-state index is -0.607. The van der Waals surface area contributed by atoms with Gasteiger partial charge in [0.2, 0.25) is 5.91 Å². The van der Waals surface area contributed by atoms with Gasteiger partial charge in [0.15, 0.2) is 6.29 Å². The van der Waals surface area contributed by atoms with Crippen LogP contribution in [-0.2, 0) is 20.9 Å². The van der Waals surface area contributed by atoms with Crippen LogP contribution in [-0.4, -0.2) is 51.2 Å². The number of aromatic nitrogens is 2. The Labute approximate surface area is 245 Å². The Hall–Kier alpha value is -3.76. The molecule has 1 aromatic heterocycles. The van der Waals surface area contributed by atoms with Crippen LogP contribution in [0, 0.1) is 5.92 Å². The van der Waals surface area contributed by atoms with Crippen LogP contribution >= 0.6 is 0 Å². The molecule has 4 aromatic rings. The molecule has 3 N–H and O–H groups in total. The Bertz CT molecular complexity index is 1590. The van der Waals surface area contributed by atoms with E-state index in [1.165, 1.54) is 6.92 Å². The predicted molar refractivity (Wildman–Crippen MR) is 161 cm³/mol. The number of hydrogen-bond donors (Lipinski definition) is 3. The molecule has 3 heterocycles. The van der Waals surface area contributed by atoms with Crippen molar-refractivity contribution < 1.29 is 19.4 Å². The van der Waals surface area contributed by atoms with Crippen molar-refractivity contribution in [3.8, 4) is 0 Å². The molecule has 42 heavy (non-hydrogen) atoms. The molecule has 2 aliphatic rings. The predicted octanol–water partition coefficient (Wildman–Crippen LogP) is 4.91. The summed E-state index contributed by atoms with van der Waals surface area (Å²) in [6.07, 6.45) is 0.836. The van der Waals surface area contributed by atoms with Crippen LogP contribution < -0.4 is 11.0 Å². The second kappa shape index (κ2) is 12.2. The minimum Gasteiger partial charge on any atom is -0.392 e. The molecule has 0 spiro atoms. The number of nitrogens with one attached hydrogen (secondary N) is 2. The number of H-pyrrole nitrogens is 1. The highest BCUT2D eigenvalue weighted by Crippen LogP contribution is 2.42. The first-order valence-electron chi connectivity index (χ1n) is 14.7. The summed E-state index contributed by atoms with van der Waals surface area (Å²) in [7, 11) is 0. The van der Waals surface area contributed by atoms with Gasteiger partial charge in [0, 0.05) is 49.8 Å². The van der Waals surface area contributed by atoms with Crippen LogP contribution in [0.5, 0.6) is 0 Å². The third-order valence-electron chi connectivity index (χ3n) is 8.59. The second-order valence-electron chi connectivity index (χ2n) is 11.5. The number of carbonyl (C=O) groups is 1. The third-order valence-corrected chi connectivity index (χ3v) is 8.59. The zero-order chi connectivity index (χ0) is 29.2. The van der Waals surface area contributed by atoms with Crippen molar-refractivity contribution in [2.24, 2.45) is 5.92 Å². The van der Waals surface area contributed by atoms with E-state index in [-0.39, 0.29) is 42.4 Å². The zero-order valence-corrected chi connectivity index (χ0v) is 24.0. The number of rotatable bonds is 7. The lowest BCUT2D eigenvalue weighted by atomic mass is 9.89. The van der Waals surface area contributed by atoms with E-state index in [4.69, 9.17) is 9.47 Å². The van der Waals surface area contributed by atoms with Gasteiger partial charge in [-0.15, -0.1) is 0 Å². The number of aliphatic hydroxyl groups is 1. The van der Waals surface area contributed by atoms with Gasteiger partial charge in [0.1, 0.15) is 0 Å². The first-order valence-corrected chi connectivity index (χ1v) is 14.7. The number of likely N-dealkylation sites (tertiary alicyclic amines) is 1. The van der Waals surface area contributed by atoms with E-state index in [0.29, 0.717) is 5.69 Å². The van der Waals surface area contributed by atoms with Crippen LogP contribution in [0.4, 0.5) is 5.69 Å². The number of anilines is 1. The fourth-order valence-electron chi connectivity index (χ4n) is 6.35. The normalized spacial score (nSPS) is 23.7. The summed E-state index contributed by atoms with van der Waals surface area (Å²) in [6, 6.07) is 23.5. The second-order valence-corrected chi connectivity index (χ2v) is 11.5. The number of benzene rings is 3. The maximum atomic E-state index is 12.8. The maximum Gasteiger partial charge on any atom is 0.326 e. The van der Waals surface area contributed by atoms with Gasteiger partial charge in [-0.25, -0.2) is 4.79 Å². The molecular weight excluding hydrogens is 532 g/mol. The lowest BCUT2D eigenvalue weighted by Gasteiger charge is -2.44. The van der Waals surface area contributed by atoms with Gasteiger partial charge >= 0.3 is 5.69 Å². The molecule has 0 aliphatic carbocycles. The SMILES string of the molecule is CC(=O)Nc1cccc([C@@H]2O[C@H](CN3CCC(n4c(=O)[nH]c5ccccc54)CC3)[C@H](C)[C@H](c3ccc(CO)cc3)O2)c1. The molecule has 6 rings (SSSR count). The number of imidazole rings is 1. The maximum absolute atomic E-state index is 12.8. The van der Waals surface area contributed by atoms with Crippen molar-refractivity contribution in [3.05, 3.63) is 100.0 Å². The zero-order valence-electron chi connectivity index (χ0n) is 24.0. The Morgan fingerprint density at radius 1 is 1.00 bits per heavy atom. The first-order chi connectivity index (χ1) is 20.4. The van der Waals surface area contributed by atoms with Crippen molar-refractivity contribution in [2.45, 2.75) is 57.8 Å². The average molecular weight is 571 g/mol. The van der Waals surface area contributed by atoms with E-state index in [1.54, 1.807) is 0 Å². The first kappa shape index (κ1) is 28.4.